The molecule has 8 heterocycles. The van der Waals surface area contributed by atoms with Crippen molar-refractivity contribution in [2.75, 3.05) is 49.7 Å². The van der Waals surface area contributed by atoms with Crippen LogP contribution >= 0.6 is 0 Å². The molecule has 4 saturated heterocycles. The van der Waals surface area contributed by atoms with E-state index in [0.717, 1.165) is 98.7 Å². The standard InChI is InChI=1S/C39H45FN8O3/c1-23(2)46-22-42-34-16-33(44-37(36(34)46)43-32-7-10-41-17-31(32)40)24-3-6-30-35(13-24)48(28-14-27(15-28)47-25-4-5-26(47)19-50-18-25)38(49)39(30)8-11-45(12-9-39)29-20-51-21-29/h3,6-7,10,13,16-17,22-23,25-29H,4-5,8-9,11-12,14-15,18-21H2,1-2H3,(H,41,43,44)/t25?,26?,27-,28+. The molecule has 5 aliphatic heterocycles. The number of benzene rings is 1. The molecular formula is C39H45FN8O3. The highest BCUT2D eigenvalue weighted by Crippen LogP contribution is 2.53. The summed E-state index contributed by atoms with van der Waals surface area (Å²) in [5, 5.41) is 3.25. The number of amides is 1. The summed E-state index contributed by atoms with van der Waals surface area (Å²) in [6.07, 6.45) is 10.6. The first-order valence-corrected chi connectivity index (χ1v) is 18.8. The fourth-order valence-corrected chi connectivity index (χ4v) is 9.86. The van der Waals surface area contributed by atoms with Crippen LogP contribution in [-0.2, 0) is 19.7 Å². The average molecular weight is 693 g/mol. The molecule has 266 valence electrons. The number of imidazole rings is 1. The lowest BCUT2D eigenvalue weighted by atomic mass is 9.73. The topological polar surface area (TPSA) is 101 Å². The number of fused-ring (bicyclic) bond motifs is 5. The molecule has 6 aliphatic rings. The zero-order valence-corrected chi connectivity index (χ0v) is 29.3. The number of nitrogens with one attached hydrogen (secondary N) is 1. The maximum atomic E-state index is 14.9. The van der Waals surface area contributed by atoms with E-state index >= 15 is 0 Å². The molecule has 2 unspecified atom stereocenters. The van der Waals surface area contributed by atoms with Crippen LogP contribution in [0.5, 0.6) is 0 Å². The van der Waals surface area contributed by atoms with Crippen LogP contribution in [0.3, 0.4) is 0 Å². The lowest BCUT2D eigenvalue weighted by Crippen LogP contribution is -2.62. The van der Waals surface area contributed by atoms with Crippen LogP contribution < -0.4 is 10.2 Å². The maximum Gasteiger partial charge on any atom is 0.238 e. The number of nitrogens with zero attached hydrogens (tertiary/aromatic N) is 7. The molecule has 0 radical (unpaired) electrons. The molecular weight excluding hydrogens is 647 g/mol. The molecule has 4 aromatic rings. The molecule has 2 atom stereocenters. The molecule has 12 heteroatoms. The highest BCUT2D eigenvalue weighted by atomic mass is 19.1. The van der Waals surface area contributed by atoms with Crippen molar-refractivity contribution >= 4 is 34.1 Å². The first-order chi connectivity index (χ1) is 24.9. The number of hydrogen-bond acceptors (Lipinski definition) is 9. The number of pyridine rings is 2. The molecule has 1 aromatic carbocycles. The molecule has 3 aromatic heterocycles. The monoisotopic (exact) mass is 692 g/mol. The van der Waals surface area contributed by atoms with Gasteiger partial charge < -0.3 is 24.3 Å². The van der Waals surface area contributed by atoms with Crippen molar-refractivity contribution < 1.29 is 18.7 Å². The lowest BCUT2D eigenvalue weighted by Gasteiger charge is -2.51. The van der Waals surface area contributed by atoms with Crippen LogP contribution in [0.25, 0.3) is 22.3 Å². The van der Waals surface area contributed by atoms with Crippen molar-refractivity contribution in [3.63, 3.8) is 0 Å². The predicted octanol–water partition coefficient (Wildman–Crippen LogP) is 5.43. The van der Waals surface area contributed by atoms with Crippen LogP contribution in [0, 0.1) is 5.82 Å². The summed E-state index contributed by atoms with van der Waals surface area (Å²) in [5.41, 5.74) is 5.17. The van der Waals surface area contributed by atoms with Gasteiger partial charge in [0.1, 0.15) is 5.52 Å². The summed E-state index contributed by atoms with van der Waals surface area (Å²) in [5.74, 6) is 0.338. The number of piperidine rings is 1. The van der Waals surface area contributed by atoms with E-state index in [1.165, 1.54) is 19.0 Å². The van der Waals surface area contributed by atoms with Crippen molar-refractivity contribution in [1.29, 1.82) is 0 Å². The Labute approximate surface area is 297 Å². The number of aromatic nitrogens is 4. The van der Waals surface area contributed by atoms with E-state index in [1.807, 2.05) is 12.4 Å². The number of hydrogen-bond donors (Lipinski definition) is 1. The third-order valence-corrected chi connectivity index (χ3v) is 12.8. The second-order valence-electron chi connectivity index (χ2n) is 15.8. The van der Waals surface area contributed by atoms with E-state index in [1.54, 1.807) is 12.3 Å². The van der Waals surface area contributed by atoms with Gasteiger partial charge >= 0.3 is 0 Å². The molecule has 1 amide bonds. The second-order valence-corrected chi connectivity index (χ2v) is 15.8. The van der Waals surface area contributed by atoms with E-state index < -0.39 is 11.2 Å². The van der Waals surface area contributed by atoms with Gasteiger partial charge in [0.15, 0.2) is 11.6 Å². The molecule has 5 fully saturated rings. The van der Waals surface area contributed by atoms with Gasteiger partial charge in [0.05, 0.1) is 67.3 Å². The van der Waals surface area contributed by atoms with Crippen LogP contribution in [-0.4, -0.2) is 105 Å². The number of halogens is 1. The lowest BCUT2D eigenvalue weighted by molar-refractivity contribution is -0.128. The van der Waals surface area contributed by atoms with Gasteiger partial charge in [-0.1, -0.05) is 12.1 Å². The van der Waals surface area contributed by atoms with Crippen LogP contribution in [0.15, 0.2) is 49.1 Å². The Bertz CT molecular complexity index is 1980. The van der Waals surface area contributed by atoms with E-state index in [2.05, 4.69) is 61.6 Å². The van der Waals surface area contributed by atoms with Crippen molar-refractivity contribution in [1.82, 2.24) is 29.3 Å². The molecule has 1 N–H and O–H groups in total. The van der Waals surface area contributed by atoms with Crippen molar-refractivity contribution in [3.05, 3.63) is 60.4 Å². The summed E-state index contributed by atoms with van der Waals surface area (Å²) in [7, 11) is 0. The summed E-state index contributed by atoms with van der Waals surface area (Å²) in [4.78, 5) is 36.1. The average Bonchev–Trinajstić information content (AvgIpc) is 3.70. The van der Waals surface area contributed by atoms with Gasteiger partial charge in [-0.2, -0.15) is 0 Å². The molecule has 1 saturated carbocycles. The normalized spacial score (nSPS) is 27.7. The Morgan fingerprint density at radius 3 is 2.39 bits per heavy atom. The smallest absolute Gasteiger partial charge is 0.238 e. The van der Waals surface area contributed by atoms with Crippen LogP contribution in [0.1, 0.15) is 64.0 Å². The maximum absolute atomic E-state index is 14.9. The number of carbonyl (C=O) groups excluding carboxylic acids is 1. The van der Waals surface area contributed by atoms with Gasteiger partial charge in [-0.05, 0) is 89.2 Å². The largest absolute Gasteiger partial charge is 0.378 e. The molecule has 1 spiro atoms. The van der Waals surface area contributed by atoms with Gasteiger partial charge in [0.25, 0.3) is 0 Å². The van der Waals surface area contributed by atoms with Gasteiger partial charge in [-0.3, -0.25) is 19.6 Å². The van der Waals surface area contributed by atoms with Gasteiger partial charge in [-0.15, -0.1) is 0 Å². The highest BCUT2D eigenvalue weighted by Gasteiger charge is 2.57. The number of likely N-dealkylation sites (tertiary alicyclic amines) is 1. The highest BCUT2D eigenvalue weighted by molar-refractivity contribution is 6.09. The molecule has 1 aliphatic carbocycles. The number of rotatable bonds is 7. The molecule has 2 bridgehead atoms. The number of ether oxygens (including phenoxy) is 2. The Hall–Kier alpha value is -3.97. The van der Waals surface area contributed by atoms with Crippen molar-refractivity contribution in [2.24, 2.45) is 0 Å². The Morgan fingerprint density at radius 1 is 0.941 bits per heavy atom. The minimum atomic E-state index is -0.517. The summed E-state index contributed by atoms with van der Waals surface area (Å²) in [6, 6.07) is 12.4. The molecule has 51 heavy (non-hydrogen) atoms. The first kappa shape index (κ1) is 31.7. The van der Waals surface area contributed by atoms with Gasteiger partial charge in [-0.25, -0.2) is 14.4 Å². The van der Waals surface area contributed by atoms with E-state index in [9.17, 15) is 9.18 Å². The quantitative estimate of drug-likeness (QED) is 0.272. The second kappa shape index (κ2) is 12.0. The number of carbonyl (C=O) groups is 1. The third-order valence-electron chi connectivity index (χ3n) is 12.8. The van der Waals surface area contributed by atoms with Crippen molar-refractivity contribution in [3.8, 4) is 11.3 Å². The fourth-order valence-electron chi connectivity index (χ4n) is 9.86. The zero-order chi connectivity index (χ0) is 34.4. The van der Waals surface area contributed by atoms with Gasteiger partial charge in [0, 0.05) is 47.7 Å². The first-order valence-electron chi connectivity index (χ1n) is 18.8. The predicted molar refractivity (Wildman–Crippen MR) is 192 cm³/mol. The van der Waals surface area contributed by atoms with Crippen molar-refractivity contribution in [2.45, 2.75) is 94.0 Å². The minimum absolute atomic E-state index is 0.128. The molecule has 11 nitrogen and oxygen atoms in total. The summed E-state index contributed by atoms with van der Waals surface area (Å²) < 4.78 is 28.3. The summed E-state index contributed by atoms with van der Waals surface area (Å²) >= 11 is 0. The SMILES string of the molecule is CC(C)n1cnc2cc(-c3ccc4c(c3)N([C@H]3C[C@@H](N5C6CCC5COC6)C3)C(=O)C43CCN(C4COC4)CC3)nc(Nc3ccncc3F)c21. The Balaban J connectivity index is 1.03. The Kier molecular flexibility index (Phi) is 7.50. The summed E-state index contributed by atoms with van der Waals surface area (Å²) in [6.45, 7) is 9.22. The number of anilines is 3. The third kappa shape index (κ3) is 4.97. The van der Waals surface area contributed by atoms with E-state index in [4.69, 9.17) is 19.4 Å². The zero-order valence-electron chi connectivity index (χ0n) is 29.3. The van der Waals surface area contributed by atoms with E-state index in [-0.39, 0.29) is 18.0 Å². The van der Waals surface area contributed by atoms with Crippen LogP contribution in [0.4, 0.5) is 21.6 Å². The Morgan fingerprint density at radius 2 is 1.69 bits per heavy atom. The van der Waals surface area contributed by atoms with Crippen LogP contribution in [0.2, 0.25) is 0 Å². The fraction of sp³-hybridized carbons (Fsp3) is 0.538. The molecule has 10 rings (SSSR count). The van der Waals surface area contributed by atoms with E-state index in [0.29, 0.717) is 35.7 Å². The number of morpholine rings is 1. The minimum Gasteiger partial charge on any atom is -0.378 e. The van der Waals surface area contributed by atoms with Gasteiger partial charge in [0.2, 0.25) is 5.91 Å².